The molecule has 1 aromatic rings. The maximum atomic E-state index is 13.5. The molecular weight excluding hydrogens is 331 g/mol. The predicted molar refractivity (Wildman–Crippen MR) is 103 cm³/mol. The summed E-state index contributed by atoms with van der Waals surface area (Å²) in [7, 11) is 1.77. The zero-order valence-corrected chi connectivity index (χ0v) is 16.1. The third-order valence-corrected chi connectivity index (χ3v) is 5.49. The van der Waals surface area contributed by atoms with Crippen molar-refractivity contribution in [3.05, 3.63) is 35.6 Å². The minimum absolute atomic E-state index is 0.194. The van der Waals surface area contributed by atoms with Crippen molar-refractivity contribution in [1.82, 2.24) is 15.5 Å². The second-order valence-corrected chi connectivity index (χ2v) is 7.95. The van der Waals surface area contributed by atoms with E-state index in [0.29, 0.717) is 12.6 Å². The summed E-state index contributed by atoms with van der Waals surface area (Å²) in [5.41, 5.74) is 0.764. The predicted octanol–water partition coefficient (Wildman–Crippen LogP) is 2.13. The van der Waals surface area contributed by atoms with Gasteiger partial charge in [0.15, 0.2) is 5.96 Å². The summed E-state index contributed by atoms with van der Waals surface area (Å²) < 4.78 is 19.5. The second-order valence-electron chi connectivity index (χ2n) is 7.95. The fraction of sp³-hybridized carbons (Fsp3) is 0.650. The molecule has 3 rings (SSSR count). The molecule has 1 aromatic carbocycles. The van der Waals surface area contributed by atoms with Crippen molar-refractivity contribution in [3.8, 4) is 0 Å². The Kier molecular flexibility index (Phi) is 6.14. The molecule has 0 radical (unpaired) electrons. The highest BCUT2D eigenvalue weighted by atomic mass is 19.1. The van der Waals surface area contributed by atoms with Crippen molar-refractivity contribution >= 4 is 5.96 Å². The number of ether oxygens (including phenoxy) is 1. The third kappa shape index (κ3) is 4.74. The number of aliphatic imine (C=N–C) groups is 1. The molecule has 2 aliphatic rings. The van der Waals surface area contributed by atoms with Crippen LogP contribution in [0.3, 0.4) is 0 Å². The minimum atomic E-state index is -0.205. The van der Waals surface area contributed by atoms with Crippen molar-refractivity contribution in [3.63, 3.8) is 0 Å². The van der Waals surface area contributed by atoms with E-state index in [0.717, 1.165) is 31.2 Å². The van der Waals surface area contributed by atoms with Gasteiger partial charge in [-0.1, -0.05) is 26.0 Å². The van der Waals surface area contributed by atoms with E-state index in [1.807, 2.05) is 6.07 Å². The number of benzene rings is 1. The number of hydrogen-bond acceptors (Lipinski definition) is 3. The highest BCUT2D eigenvalue weighted by molar-refractivity contribution is 5.79. The van der Waals surface area contributed by atoms with Gasteiger partial charge in [-0.25, -0.2) is 4.39 Å². The Morgan fingerprint density at radius 3 is 3.00 bits per heavy atom. The molecule has 0 aromatic heterocycles. The van der Waals surface area contributed by atoms with Crippen molar-refractivity contribution in [2.75, 3.05) is 39.8 Å². The number of halogens is 1. The topological polar surface area (TPSA) is 48.9 Å². The number of rotatable bonds is 5. The van der Waals surface area contributed by atoms with Gasteiger partial charge in [0.05, 0.1) is 12.7 Å². The van der Waals surface area contributed by atoms with Crippen LogP contribution in [0.25, 0.3) is 0 Å². The van der Waals surface area contributed by atoms with Crippen LogP contribution in [-0.4, -0.2) is 62.8 Å². The summed E-state index contributed by atoms with van der Waals surface area (Å²) in [5.74, 6) is 0.550. The van der Waals surface area contributed by atoms with Crippen LogP contribution in [-0.2, 0) is 10.2 Å². The molecule has 2 unspecified atom stereocenters. The minimum Gasteiger partial charge on any atom is -0.373 e. The third-order valence-electron chi connectivity index (χ3n) is 5.49. The first-order valence-electron chi connectivity index (χ1n) is 9.54. The zero-order chi connectivity index (χ0) is 18.6. The lowest BCUT2D eigenvalue weighted by atomic mass is 9.84. The molecule has 5 nitrogen and oxygen atoms in total. The van der Waals surface area contributed by atoms with Crippen LogP contribution in [0, 0.1) is 5.82 Å². The number of morpholine rings is 1. The van der Waals surface area contributed by atoms with Gasteiger partial charge < -0.3 is 15.4 Å². The molecule has 2 saturated heterocycles. The quantitative estimate of drug-likeness (QED) is 0.622. The highest BCUT2D eigenvalue weighted by Crippen LogP contribution is 2.23. The van der Waals surface area contributed by atoms with Gasteiger partial charge in [0, 0.05) is 38.1 Å². The molecule has 2 heterocycles. The van der Waals surface area contributed by atoms with Crippen LogP contribution < -0.4 is 10.6 Å². The Labute approximate surface area is 156 Å². The van der Waals surface area contributed by atoms with Gasteiger partial charge in [-0.2, -0.15) is 0 Å². The van der Waals surface area contributed by atoms with E-state index < -0.39 is 0 Å². The van der Waals surface area contributed by atoms with Gasteiger partial charge in [-0.3, -0.25) is 9.89 Å². The van der Waals surface area contributed by atoms with Crippen LogP contribution in [0.5, 0.6) is 0 Å². The lowest BCUT2D eigenvalue weighted by molar-refractivity contribution is -0.0453. The van der Waals surface area contributed by atoms with Crippen LogP contribution in [0.4, 0.5) is 4.39 Å². The first kappa shape index (κ1) is 19.1. The molecule has 26 heavy (non-hydrogen) atoms. The van der Waals surface area contributed by atoms with E-state index in [2.05, 4.69) is 34.4 Å². The van der Waals surface area contributed by atoms with E-state index in [-0.39, 0.29) is 17.3 Å². The number of hydrogen-bond donors (Lipinski definition) is 2. The summed E-state index contributed by atoms with van der Waals surface area (Å²) in [6, 6.07) is 7.41. The Bertz CT molecular complexity index is 634. The zero-order valence-electron chi connectivity index (χ0n) is 16.1. The van der Waals surface area contributed by atoms with Crippen molar-refractivity contribution in [1.29, 1.82) is 0 Å². The fourth-order valence-electron chi connectivity index (χ4n) is 3.76. The second kappa shape index (κ2) is 8.35. The first-order chi connectivity index (χ1) is 12.5. The molecule has 2 fully saturated rings. The monoisotopic (exact) mass is 362 g/mol. The average molecular weight is 362 g/mol. The number of guanidine groups is 1. The maximum absolute atomic E-state index is 13.5. The van der Waals surface area contributed by atoms with Gasteiger partial charge in [-0.05, 0) is 37.1 Å². The Morgan fingerprint density at radius 1 is 1.38 bits per heavy atom. The Morgan fingerprint density at radius 2 is 2.23 bits per heavy atom. The molecule has 0 saturated carbocycles. The smallest absolute Gasteiger partial charge is 0.191 e. The molecule has 0 aliphatic carbocycles. The van der Waals surface area contributed by atoms with Crippen molar-refractivity contribution < 1.29 is 9.13 Å². The molecule has 2 N–H and O–H groups in total. The molecule has 0 amide bonds. The van der Waals surface area contributed by atoms with Gasteiger partial charge in [0.25, 0.3) is 0 Å². The normalized spacial score (nSPS) is 24.4. The molecule has 0 bridgehead atoms. The molecular formula is C20H31FN4O. The first-order valence-corrected chi connectivity index (χ1v) is 9.54. The SMILES string of the molecule is CN=C(NCC1CN2CCCC2CO1)NCC(C)(C)c1cccc(F)c1. The summed E-state index contributed by atoms with van der Waals surface area (Å²) in [6.07, 6.45) is 2.74. The molecule has 2 atom stereocenters. The molecule has 0 spiro atoms. The molecule has 6 heteroatoms. The van der Waals surface area contributed by atoms with Gasteiger partial charge in [0.1, 0.15) is 5.82 Å². The number of fused-ring (bicyclic) bond motifs is 1. The van der Waals surface area contributed by atoms with Gasteiger partial charge >= 0.3 is 0 Å². The summed E-state index contributed by atoms with van der Waals surface area (Å²) in [6.45, 7) is 8.62. The van der Waals surface area contributed by atoms with Crippen LogP contribution >= 0.6 is 0 Å². The van der Waals surface area contributed by atoms with Gasteiger partial charge in [0.2, 0.25) is 0 Å². The van der Waals surface area contributed by atoms with Crippen molar-refractivity contribution in [2.45, 2.75) is 44.2 Å². The Balaban J connectivity index is 1.47. The highest BCUT2D eigenvalue weighted by Gasteiger charge is 2.32. The Hall–Kier alpha value is -1.66. The summed E-state index contributed by atoms with van der Waals surface area (Å²) in [4.78, 5) is 6.85. The maximum Gasteiger partial charge on any atom is 0.191 e. The van der Waals surface area contributed by atoms with E-state index in [1.54, 1.807) is 19.2 Å². The van der Waals surface area contributed by atoms with Crippen LogP contribution in [0.2, 0.25) is 0 Å². The van der Waals surface area contributed by atoms with Crippen LogP contribution in [0.1, 0.15) is 32.3 Å². The largest absolute Gasteiger partial charge is 0.373 e. The summed E-state index contributed by atoms with van der Waals surface area (Å²) in [5, 5.41) is 6.73. The lowest BCUT2D eigenvalue weighted by Crippen LogP contribution is -2.52. The number of nitrogens with one attached hydrogen (secondary N) is 2. The average Bonchev–Trinajstić information content (AvgIpc) is 3.09. The number of nitrogens with zero attached hydrogens (tertiary/aromatic N) is 2. The van der Waals surface area contributed by atoms with Gasteiger partial charge in [-0.15, -0.1) is 0 Å². The van der Waals surface area contributed by atoms with E-state index in [1.165, 1.54) is 25.5 Å². The molecule has 144 valence electrons. The van der Waals surface area contributed by atoms with Crippen molar-refractivity contribution in [2.24, 2.45) is 4.99 Å². The summed E-state index contributed by atoms with van der Waals surface area (Å²) >= 11 is 0. The van der Waals surface area contributed by atoms with E-state index >= 15 is 0 Å². The standard InChI is InChI=1S/C20H31FN4O/c1-20(2,15-6-4-7-16(21)10-15)14-24-19(22-3)23-11-18-12-25-9-5-8-17(25)13-26-18/h4,6-7,10,17-18H,5,8-9,11-14H2,1-3H3,(H2,22,23,24). The molecule has 2 aliphatic heterocycles. The lowest BCUT2D eigenvalue weighted by Gasteiger charge is -2.35. The van der Waals surface area contributed by atoms with Crippen LogP contribution in [0.15, 0.2) is 29.3 Å². The van der Waals surface area contributed by atoms with E-state index in [4.69, 9.17) is 4.74 Å². The fourth-order valence-corrected chi connectivity index (χ4v) is 3.76. The van der Waals surface area contributed by atoms with E-state index in [9.17, 15) is 4.39 Å².